The Bertz CT molecular complexity index is 643. The summed E-state index contributed by atoms with van der Waals surface area (Å²) < 4.78 is 7.46. The van der Waals surface area contributed by atoms with Gasteiger partial charge in [-0.3, -0.25) is 4.68 Å². The molecule has 21 heavy (non-hydrogen) atoms. The maximum atomic E-state index is 9.29. The summed E-state index contributed by atoms with van der Waals surface area (Å²) in [7, 11) is 0. The lowest BCUT2D eigenvalue weighted by Crippen LogP contribution is -2.44. The summed E-state index contributed by atoms with van der Waals surface area (Å²) in [6, 6.07) is 2.08. The van der Waals surface area contributed by atoms with Crippen LogP contribution in [0.2, 0.25) is 5.15 Å². The zero-order valence-corrected chi connectivity index (χ0v) is 12.9. The summed E-state index contributed by atoms with van der Waals surface area (Å²) >= 11 is 6.02. The molecule has 1 fully saturated rings. The van der Waals surface area contributed by atoms with Gasteiger partial charge in [0.1, 0.15) is 5.15 Å². The van der Waals surface area contributed by atoms with E-state index < -0.39 is 0 Å². The number of anilines is 1. The van der Waals surface area contributed by atoms with Crippen molar-refractivity contribution in [2.24, 2.45) is 0 Å². The standard InChI is InChI=1S/C14H19ClN4O2/c1-9(2)19-12-5-13(15)16-6-11(12)14(17-19)18-3-4-21-10(7-18)8-20/h5-6,9-10,20H,3-4,7-8H2,1-2H3/t10-/m1/s1. The average molecular weight is 311 g/mol. The van der Waals surface area contributed by atoms with Crippen LogP contribution in [0.25, 0.3) is 10.9 Å². The highest BCUT2D eigenvalue weighted by molar-refractivity contribution is 6.30. The fourth-order valence-electron chi connectivity index (χ4n) is 2.64. The minimum Gasteiger partial charge on any atom is -0.394 e. The lowest BCUT2D eigenvalue weighted by Gasteiger charge is -2.32. The Morgan fingerprint density at radius 2 is 2.33 bits per heavy atom. The average Bonchev–Trinajstić information content (AvgIpc) is 2.86. The van der Waals surface area contributed by atoms with Gasteiger partial charge in [-0.25, -0.2) is 4.98 Å². The van der Waals surface area contributed by atoms with Gasteiger partial charge in [0.05, 0.1) is 30.2 Å². The van der Waals surface area contributed by atoms with Crippen LogP contribution >= 0.6 is 11.6 Å². The van der Waals surface area contributed by atoms with E-state index in [0.717, 1.165) is 23.3 Å². The Kier molecular flexibility index (Phi) is 4.01. The first-order chi connectivity index (χ1) is 10.1. The van der Waals surface area contributed by atoms with Crippen LogP contribution in [0.4, 0.5) is 5.82 Å². The maximum absolute atomic E-state index is 9.29. The van der Waals surface area contributed by atoms with Crippen LogP contribution in [-0.4, -0.2) is 52.3 Å². The van der Waals surface area contributed by atoms with Crippen LogP contribution in [0, 0.1) is 0 Å². The Labute approximate surface area is 128 Å². The van der Waals surface area contributed by atoms with Crippen molar-refractivity contribution in [1.29, 1.82) is 0 Å². The van der Waals surface area contributed by atoms with Gasteiger partial charge in [0.2, 0.25) is 0 Å². The van der Waals surface area contributed by atoms with E-state index in [-0.39, 0.29) is 18.8 Å². The number of ether oxygens (including phenoxy) is 1. The quantitative estimate of drug-likeness (QED) is 0.877. The van der Waals surface area contributed by atoms with E-state index in [4.69, 9.17) is 21.4 Å². The van der Waals surface area contributed by atoms with Gasteiger partial charge in [-0.1, -0.05) is 11.6 Å². The number of morpholine rings is 1. The molecule has 1 N–H and O–H groups in total. The number of nitrogens with zero attached hydrogens (tertiary/aromatic N) is 4. The summed E-state index contributed by atoms with van der Waals surface area (Å²) in [6.07, 6.45) is 1.60. The summed E-state index contributed by atoms with van der Waals surface area (Å²) in [6.45, 7) is 6.15. The molecule has 114 valence electrons. The Morgan fingerprint density at radius 3 is 3.05 bits per heavy atom. The predicted molar refractivity (Wildman–Crippen MR) is 82.0 cm³/mol. The van der Waals surface area contributed by atoms with Crippen molar-refractivity contribution in [2.45, 2.75) is 26.0 Å². The van der Waals surface area contributed by atoms with Gasteiger partial charge >= 0.3 is 0 Å². The van der Waals surface area contributed by atoms with Crippen molar-refractivity contribution in [3.05, 3.63) is 17.4 Å². The highest BCUT2D eigenvalue weighted by Crippen LogP contribution is 2.30. The van der Waals surface area contributed by atoms with Crippen LogP contribution in [0.5, 0.6) is 0 Å². The molecule has 2 aromatic rings. The first-order valence-electron chi connectivity index (χ1n) is 7.11. The normalized spacial score (nSPS) is 19.7. The van der Waals surface area contributed by atoms with Crippen LogP contribution in [0.3, 0.4) is 0 Å². The van der Waals surface area contributed by atoms with E-state index in [1.54, 1.807) is 6.20 Å². The van der Waals surface area contributed by atoms with Crippen molar-refractivity contribution in [3.8, 4) is 0 Å². The summed E-state index contributed by atoms with van der Waals surface area (Å²) in [5.74, 6) is 0.879. The van der Waals surface area contributed by atoms with Crippen LogP contribution < -0.4 is 4.90 Å². The van der Waals surface area contributed by atoms with Gasteiger partial charge in [-0.2, -0.15) is 5.10 Å². The zero-order chi connectivity index (χ0) is 15.0. The number of hydrogen-bond donors (Lipinski definition) is 1. The molecule has 0 amide bonds. The third kappa shape index (κ3) is 2.71. The van der Waals surface area contributed by atoms with E-state index in [9.17, 15) is 5.11 Å². The van der Waals surface area contributed by atoms with Crippen molar-refractivity contribution in [3.63, 3.8) is 0 Å². The maximum Gasteiger partial charge on any atom is 0.160 e. The van der Waals surface area contributed by atoms with Crippen molar-refractivity contribution in [1.82, 2.24) is 14.8 Å². The molecule has 0 aliphatic carbocycles. The monoisotopic (exact) mass is 310 g/mol. The smallest absolute Gasteiger partial charge is 0.160 e. The highest BCUT2D eigenvalue weighted by atomic mass is 35.5. The van der Waals surface area contributed by atoms with Gasteiger partial charge in [-0.15, -0.1) is 0 Å². The number of aromatic nitrogens is 3. The van der Waals surface area contributed by atoms with E-state index in [1.165, 1.54) is 0 Å². The summed E-state index contributed by atoms with van der Waals surface area (Å²) in [5, 5.41) is 15.5. The lowest BCUT2D eigenvalue weighted by atomic mass is 10.2. The van der Waals surface area contributed by atoms with Crippen LogP contribution in [0.1, 0.15) is 19.9 Å². The first-order valence-corrected chi connectivity index (χ1v) is 7.49. The number of hydrogen-bond acceptors (Lipinski definition) is 5. The molecule has 0 spiro atoms. The largest absolute Gasteiger partial charge is 0.394 e. The second-order valence-corrected chi connectivity index (χ2v) is 5.89. The van der Waals surface area contributed by atoms with Gasteiger partial charge < -0.3 is 14.7 Å². The fourth-order valence-corrected chi connectivity index (χ4v) is 2.79. The molecule has 7 heteroatoms. The minimum atomic E-state index is -0.168. The minimum absolute atomic E-state index is 0.0173. The molecule has 3 heterocycles. The fraction of sp³-hybridized carbons (Fsp3) is 0.571. The van der Waals surface area contributed by atoms with Gasteiger partial charge in [-0.05, 0) is 13.8 Å². The second kappa shape index (κ2) is 5.79. The molecule has 6 nitrogen and oxygen atoms in total. The number of halogens is 1. The molecule has 0 bridgehead atoms. The molecule has 0 saturated carbocycles. The molecule has 0 aromatic carbocycles. The molecule has 0 radical (unpaired) electrons. The molecule has 1 aliphatic rings. The molecule has 2 aromatic heterocycles. The van der Waals surface area contributed by atoms with E-state index >= 15 is 0 Å². The highest BCUT2D eigenvalue weighted by Gasteiger charge is 2.25. The number of rotatable bonds is 3. The van der Waals surface area contributed by atoms with Crippen LogP contribution in [0.15, 0.2) is 12.3 Å². The van der Waals surface area contributed by atoms with E-state index in [2.05, 4.69) is 23.7 Å². The van der Waals surface area contributed by atoms with Crippen molar-refractivity contribution in [2.75, 3.05) is 31.2 Å². The first kappa shape index (κ1) is 14.6. The third-order valence-electron chi connectivity index (χ3n) is 3.67. The number of aliphatic hydroxyl groups is 1. The molecular weight excluding hydrogens is 292 g/mol. The predicted octanol–water partition coefficient (Wildman–Crippen LogP) is 1.86. The zero-order valence-electron chi connectivity index (χ0n) is 12.2. The molecule has 1 aliphatic heterocycles. The van der Waals surface area contributed by atoms with Crippen LogP contribution in [-0.2, 0) is 4.74 Å². The number of fused-ring (bicyclic) bond motifs is 1. The summed E-state index contributed by atoms with van der Waals surface area (Å²) in [5.41, 5.74) is 0.979. The lowest BCUT2D eigenvalue weighted by molar-refractivity contribution is 0.00339. The Hall–Kier alpha value is -1.37. The number of pyridine rings is 1. The van der Waals surface area contributed by atoms with Crippen molar-refractivity contribution >= 4 is 28.3 Å². The molecule has 1 saturated heterocycles. The number of aliphatic hydroxyl groups excluding tert-OH is 1. The topological polar surface area (TPSA) is 63.4 Å². The van der Waals surface area contributed by atoms with Gasteiger partial charge in [0.15, 0.2) is 5.82 Å². The second-order valence-electron chi connectivity index (χ2n) is 5.51. The third-order valence-corrected chi connectivity index (χ3v) is 3.88. The van der Waals surface area contributed by atoms with Gasteiger partial charge in [0.25, 0.3) is 0 Å². The molecule has 0 unspecified atom stereocenters. The molecule has 1 atom stereocenters. The van der Waals surface area contributed by atoms with Gasteiger partial charge in [0, 0.05) is 31.4 Å². The SMILES string of the molecule is CC(C)n1nc(N2CCO[C@@H](CO)C2)c2cnc(Cl)cc21. The van der Waals surface area contributed by atoms with E-state index in [0.29, 0.717) is 18.3 Å². The molecular formula is C14H19ClN4O2. The van der Waals surface area contributed by atoms with E-state index in [1.807, 2.05) is 10.7 Å². The van der Waals surface area contributed by atoms with Crippen molar-refractivity contribution < 1.29 is 9.84 Å². The Morgan fingerprint density at radius 1 is 1.52 bits per heavy atom. The molecule has 3 rings (SSSR count). The Balaban J connectivity index is 2.06. The summed E-state index contributed by atoms with van der Waals surface area (Å²) in [4.78, 5) is 6.32.